The number of nitrogens with zero attached hydrogens (tertiary/aromatic N) is 1. The first-order valence-corrected chi connectivity index (χ1v) is 6.89. The minimum Gasteiger partial charge on any atom is -0.481 e. The van der Waals surface area contributed by atoms with Gasteiger partial charge in [0.25, 0.3) is 0 Å². The van der Waals surface area contributed by atoms with Gasteiger partial charge in [-0.1, -0.05) is 12.1 Å². The Labute approximate surface area is 111 Å². The van der Waals surface area contributed by atoms with Crippen LogP contribution in [-0.2, 0) is 11.2 Å². The van der Waals surface area contributed by atoms with Gasteiger partial charge in [-0.15, -0.1) is 0 Å². The van der Waals surface area contributed by atoms with Gasteiger partial charge in [-0.05, 0) is 43.7 Å². The molecule has 4 nitrogen and oxygen atoms in total. The van der Waals surface area contributed by atoms with Crippen LogP contribution in [0.5, 0.6) is 0 Å². The summed E-state index contributed by atoms with van der Waals surface area (Å²) < 4.78 is 0. The molecule has 19 heavy (non-hydrogen) atoms. The lowest BCUT2D eigenvalue weighted by atomic mass is 9.80. The van der Waals surface area contributed by atoms with E-state index in [1.54, 1.807) is 0 Å². The van der Waals surface area contributed by atoms with Crippen LogP contribution in [0.4, 0.5) is 0 Å². The van der Waals surface area contributed by atoms with Crippen molar-refractivity contribution in [3.63, 3.8) is 0 Å². The van der Waals surface area contributed by atoms with Gasteiger partial charge in [-0.3, -0.25) is 4.79 Å². The molecule has 1 heterocycles. The Morgan fingerprint density at radius 3 is 2.68 bits per heavy atom. The highest BCUT2D eigenvalue weighted by molar-refractivity contribution is 5.74. The van der Waals surface area contributed by atoms with Crippen molar-refractivity contribution in [2.45, 2.75) is 32.1 Å². The number of nitrogens with one attached hydrogen (secondary N) is 1. The monoisotopic (exact) mass is 258 g/mol. The van der Waals surface area contributed by atoms with Crippen molar-refractivity contribution in [3.05, 3.63) is 30.1 Å². The molecule has 1 aromatic heterocycles. The number of aliphatic carboxylic acids is 1. The zero-order valence-electron chi connectivity index (χ0n) is 10.8. The summed E-state index contributed by atoms with van der Waals surface area (Å²) in [5, 5.41) is 8.99. The number of carboxylic acid groups (broad SMARTS) is 1. The smallest absolute Gasteiger partial charge is 0.306 e. The first-order valence-electron chi connectivity index (χ1n) is 6.89. The maximum atomic E-state index is 10.9. The van der Waals surface area contributed by atoms with E-state index in [1.165, 1.54) is 0 Å². The van der Waals surface area contributed by atoms with Crippen molar-refractivity contribution >= 4 is 17.0 Å². The maximum Gasteiger partial charge on any atom is 0.306 e. The molecular formula is C15H18N2O2. The normalized spacial score (nSPS) is 23.6. The SMILES string of the molecule is O=C(O)C1CCC(Cc2nc3ccccc3[nH]2)CC1. The van der Waals surface area contributed by atoms with Crippen LogP contribution in [0.15, 0.2) is 24.3 Å². The highest BCUT2D eigenvalue weighted by Gasteiger charge is 2.26. The summed E-state index contributed by atoms with van der Waals surface area (Å²) in [6.45, 7) is 0. The third-order valence-corrected chi connectivity index (χ3v) is 4.12. The van der Waals surface area contributed by atoms with E-state index in [0.29, 0.717) is 5.92 Å². The molecule has 1 aliphatic rings. The quantitative estimate of drug-likeness (QED) is 0.889. The van der Waals surface area contributed by atoms with E-state index in [1.807, 2.05) is 24.3 Å². The van der Waals surface area contributed by atoms with Gasteiger partial charge in [0.05, 0.1) is 17.0 Å². The molecule has 2 N–H and O–H groups in total. The molecule has 0 unspecified atom stereocenters. The van der Waals surface area contributed by atoms with Gasteiger partial charge in [0.1, 0.15) is 5.82 Å². The lowest BCUT2D eigenvalue weighted by Crippen LogP contribution is -2.22. The topological polar surface area (TPSA) is 66.0 Å². The van der Waals surface area contributed by atoms with Crippen LogP contribution < -0.4 is 0 Å². The number of carboxylic acids is 1. The molecule has 0 aliphatic heterocycles. The molecule has 0 radical (unpaired) electrons. The first kappa shape index (κ1) is 12.2. The third-order valence-electron chi connectivity index (χ3n) is 4.12. The summed E-state index contributed by atoms with van der Waals surface area (Å²) in [6, 6.07) is 8.04. The van der Waals surface area contributed by atoms with Crippen molar-refractivity contribution in [1.82, 2.24) is 9.97 Å². The highest BCUT2D eigenvalue weighted by atomic mass is 16.4. The molecule has 1 aliphatic carbocycles. The molecule has 0 bridgehead atoms. The van der Waals surface area contributed by atoms with Crippen LogP contribution in [-0.4, -0.2) is 21.0 Å². The van der Waals surface area contributed by atoms with E-state index in [9.17, 15) is 4.79 Å². The fourth-order valence-corrected chi connectivity index (χ4v) is 2.99. The van der Waals surface area contributed by atoms with Crippen LogP contribution in [0.2, 0.25) is 0 Å². The second kappa shape index (κ2) is 5.03. The largest absolute Gasteiger partial charge is 0.481 e. The molecular weight excluding hydrogens is 240 g/mol. The van der Waals surface area contributed by atoms with Crippen molar-refractivity contribution in [1.29, 1.82) is 0 Å². The van der Waals surface area contributed by atoms with Gasteiger partial charge in [-0.25, -0.2) is 4.98 Å². The van der Waals surface area contributed by atoms with Crippen molar-refractivity contribution in [2.75, 3.05) is 0 Å². The average Bonchev–Trinajstić information content (AvgIpc) is 2.81. The number of imidazole rings is 1. The number of hydrogen-bond acceptors (Lipinski definition) is 2. The number of hydrogen-bond donors (Lipinski definition) is 2. The number of benzene rings is 1. The van der Waals surface area contributed by atoms with Gasteiger partial charge < -0.3 is 10.1 Å². The Hall–Kier alpha value is -1.84. The second-order valence-electron chi connectivity index (χ2n) is 5.46. The van der Waals surface area contributed by atoms with E-state index >= 15 is 0 Å². The maximum absolute atomic E-state index is 10.9. The number of aromatic nitrogens is 2. The lowest BCUT2D eigenvalue weighted by Gasteiger charge is -2.25. The number of aromatic amines is 1. The third kappa shape index (κ3) is 2.62. The Bertz CT molecular complexity index is 550. The molecule has 0 saturated heterocycles. The standard InChI is InChI=1S/C15H18N2O2/c18-15(19)11-7-5-10(6-8-11)9-14-16-12-3-1-2-4-13(12)17-14/h1-4,10-11H,5-9H2,(H,16,17)(H,18,19). The average molecular weight is 258 g/mol. The minimum atomic E-state index is -0.637. The van der Waals surface area contributed by atoms with Gasteiger partial charge in [0.15, 0.2) is 0 Å². The molecule has 1 aromatic carbocycles. The fraction of sp³-hybridized carbons (Fsp3) is 0.467. The second-order valence-corrected chi connectivity index (χ2v) is 5.46. The molecule has 1 saturated carbocycles. The molecule has 1 fully saturated rings. The molecule has 3 rings (SSSR count). The van der Waals surface area contributed by atoms with Crippen LogP contribution in [0.1, 0.15) is 31.5 Å². The highest BCUT2D eigenvalue weighted by Crippen LogP contribution is 2.31. The van der Waals surface area contributed by atoms with Crippen LogP contribution >= 0.6 is 0 Å². The van der Waals surface area contributed by atoms with Gasteiger partial charge >= 0.3 is 5.97 Å². The summed E-state index contributed by atoms with van der Waals surface area (Å²) in [4.78, 5) is 18.9. The predicted octanol–water partition coefficient (Wildman–Crippen LogP) is 3.00. The Kier molecular flexibility index (Phi) is 3.23. The van der Waals surface area contributed by atoms with Crippen LogP contribution in [0, 0.1) is 11.8 Å². The molecule has 2 aromatic rings. The van der Waals surface area contributed by atoms with E-state index in [4.69, 9.17) is 5.11 Å². The number of fused-ring (bicyclic) bond motifs is 1. The van der Waals surface area contributed by atoms with Crippen LogP contribution in [0.25, 0.3) is 11.0 Å². The Balaban J connectivity index is 1.64. The minimum absolute atomic E-state index is 0.132. The molecule has 0 amide bonds. The van der Waals surface area contributed by atoms with Crippen LogP contribution in [0.3, 0.4) is 0 Å². The molecule has 100 valence electrons. The fourth-order valence-electron chi connectivity index (χ4n) is 2.99. The first-order chi connectivity index (χ1) is 9.22. The predicted molar refractivity (Wildman–Crippen MR) is 72.9 cm³/mol. The van der Waals surface area contributed by atoms with Crippen molar-refractivity contribution in [2.24, 2.45) is 11.8 Å². The van der Waals surface area contributed by atoms with Gasteiger partial charge in [0.2, 0.25) is 0 Å². The number of para-hydroxylation sites is 2. The molecule has 4 heteroatoms. The number of H-pyrrole nitrogens is 1. The zero-order chi connectivity index (χ0) is 13.2. The lowest BCUT2D eigenvalue weighted by molar-refractivity contribution is -0.143. The number of carbonyl (C=O) groups is 1. The van der Waals surface area contributed by atoms with Crippen molar-refractivity contribution in [3.8, 4) is 0 Å². The van der Waals surface area contributed by atoms with Gasteiger partial charge in [-0.2, -0.15) is 0 Å². The molecule has 0 atom stereocenters. The summed E-state index contributed by atoms with van der Waals surface area (Å²) in [7, 11) is 0. The summed E-state index contributed by atoms with van der Waals surface area (Å²) in [6.07, 6.45) is 4.53. The van der Waals surface area contributed by atoms with Gasteiger partial charge in [0, 0.05) is 6.42 Å². The Morgan fingerprint density at radius 2 is 2.00 bits per heavy atom. The zero-order valence-corrected chi connectivity index (χ0v) is 10.8. The van der Waals surface area contributed by atoms with E-state index in [2.05, 4.69) is 9.97 Å². The summed E-state index contributed by atoms with van der Waals surface area (Å²) >= 11 is 0. The molecule has 0 spiro atoms. The van der Waals surface area contributed by atoms with E-state index in [-0.39, 0.29) is 5.92 Å². The summed E-state index contributed by atoms with van der Waals surface area (Å²) in [5.41, 5.74) is 2.09. The summed E-state index contributed by atoms with van der Waals surface area (Å²) in [5.74, 6) is 0.824. The Morgan fingerprint density at radius 1 is 1.26 bits per heavy atom. The number of rotatable bonds is 3. The van der Waals surface area contributed by atoms with E-state index in [0.717, 1.165) is 49.0 Å². The van der Waals surface area contributed by atoms with Crippen molar-refractivity contribution < 1.29 is 9.90 Å². The van der Waals surface area contributed by atoms with E-state index < -0.39 is 5.97 Å².